The lowest BCUT2D eigenvalue weighted by Gasteiger charge is -2.33. The quantitative estimate of drug-likeness (QED) is 0.204. The lowest BCUT2D eigenvalue weighted by Crippen LogP contribution is -2.41. The summed E-state index contributed by atoms with van der Waals surface area (Å²) in [7, 11) is 0. The number of carbonyl (C=O) groups excluding carboxylic acids is 1. The minimum absolute atomic E-state index is 0. The van der Waals surface area contributed by atoms with E-state index in [1.165, 1.54) is 25.8 Å². The van der Waals surface area contributed by atoms with E-state index < -0.39 is 0 Å². The first-order valence-electron chi connectivity index (χ1n) is 10.8. The van der Waals surface area contributed by atoms with E-state index in [1.54, 1.807) is 0 Å². The highest BCUT2D eigenvalue weighted by Gasteiger charge is 2.17. The first kappa shape index (κ1) is 25.7. The van der Waals surface area contributed by atoms with Gasteiger partial charge in [0.05, 0.1) is 6.54 Å². The molecule has 0 aromatic heterocycles. The van der Waals surface area contributed by atoms with Crippen molar-refractivity contribution in [2.45, 2.75) is 59.0 Å². The Bertz CT molecular complexity index is 620. The van der Waals surface area contributed by atoms with Crippen LogP contribution >= 0.6 is 24.0 Å². The molecule has 0 spiro atoms. The molecule has 1 saturated heterocycles. The van der Waals surface area contributed by atoms with E-state index in [9.17, 15) is 4.79 Å². The van der Waals surface area contributed by atoms with Crippen molar-refractivity contribution in [1.82, 2.24) is 20.9 Å². The Morgan fingerprint density at radius 3 is 2.48 bits per heavy atom. The number of benzene rings is 1. The number of nitrogens with one attached hydrogen (secondary N) is 3. The summed E-state index contributed by atoms with van der Waals surface area (Å²) in [4.78, 5) is 19.1. The van der Waals surface area contributed by atoms with Crippen LogP contribution in [0.15, 0.2) is 29.3 Å². The van der Waals surface area contributed by atoms with Crippen LogP contribution in [-0.2, 0) is 6.54 Å². The monoisotopic (exact) mass is 515 g/mol. The van der Waals surface area contributed by atoms with Crippen LogP contribution in [-0.4, -0.2) is 55.5 Å². The highest BCUT2D eigenvalue weighted by atomic mass is 127. The van der Waals surface area contributed by atoms with E-state index in [0.717, 1.165) is 43.6 Å². The molecule has 7 heteroatoms. The van der Waals surface area contributed by atoms with Gasteiger partial charge in [-0.3, -0.25) is 4.79 Å². The van der Waals surface area contributed by atoms with Gasteiger partial charge in [-0.1, -0.05) is 18.6 Å². The van der Waals surface area contributed by atoms with Gasteiger partial charge in [-0.2, -0.15) is 0 Å². The SMILES string of the molecule is CCNC(=O)c1ccc(CN=C(NCC)NCCCN2CCCCC2C)cc1.I. The van der Waals surface area contributed by atoms with Crippen molar-refractivity contribution in [3.05, 3.63) is 35.4 Å². The second kappa shape index (κ2) is 14.6. The third kappa shape index (κ3) is 9.33. The van der Waals surface area contributed by atoms with Crippen LogP contribution in [0.25, 0.3) is 0 Å². The van der Waals surface area contributed by atoms with Crippen molar-refractivity contribution in [3.8, 4) is 0 Å². The van der Waals surface area contributed by atoms with E-state index >= 15 is 0 Å². The highest BCUT2D eigenvalue weighted by Crippen LogP contribution is 2.16. The standard InChI is InChI=1S/C22H37N5O.HI/c1-4-23-21(28)20-12-10-19(11-13-20)17-26-22(24-5-2)25-14-8-16-27-15-7-6-9-18(27)3;/h10-13,18H,4-9,14-17H2,1-3H3,(H,23,28)(H2,24,25,26);1H. The number of guanidine groups is 1. The molecule has 1 aliphatic heterocycles. The molecule has 1 unspecified atom stereocenters. The van der Waals surface area contributed by atoms with Crippen LogP contribution < -0.4 is 16.0 Å². The number of amides is 1. The zero-order chi connectivity index (χ0) is 20.2. The fraction of sp³-hybridized carbons (Fsp3) is 0.636. The maximum absolute atomic E-state index is 11.8. The Morgan fingerprint density at radius 1 is 1.10 bits per heavy atom. The summed E-state index contributed by atoms with van der Waals surface area (Å²) < 4.78 is 0. The third-order valence-corrected chi connectivity index (χ3v) is 5.17. The maximum Gasteiger partial charge on any atom is 0.251 e. The number of hydrogen-bond acceptors (Lipinski definition) is 3. The second-order valence-electron chi connectivity index (χ2n) is 7.41. The van der Waals surface area contributed by atoms with E-state index in [1.807, 2.05) is 31.2 Å². The summed E-state index contributed by atoms with van der Waals surface area (Å²) >= 11 is 0. The molecule has 1 heterocycles. The van der Waals surface area contributed by atoms with Crippen molar-refractivity contribution in [2.24, 2.45) is 4.99 Å². The fourth-order valence-electron chi connectivity index (χ4n) is 3.51. The Kier molecular flexibility index (Phi) is 12.9. The molecule has 1 aromatic carbocycles. The summed E-state index contributed by atoms with van der Waals surface area (Å²) in [6.45, 7) is 11.7. The minimum atomic E-state index is -0.0319. The van der Waals surface area contributed by atoms with E-state index in [0.29, 0.717) is 18.7 Å². The predicted octanol–water partition coefficient (Wildman–Crippen LogP) is 3.37. The molecular formula is C22H38IN5O. The topological polar surface area (TPSA) is 68.8 Å². The third-order valence-electron chi connectivity index (χ3n) is 5.17. The molecule has 1 aliphatic rings. The van der Waals surface area contributed by atoms with Gasteiger partial charge < -0.3 is 20.9 Å². The van der Waals surface area contributed by atoms with Crippen LogP contribution in [0.2, 0.25) is 0 Å². The largest absolute Gasteiger partial charge is 0.357 e. The molecular weight excluding hydrogens is 477 g/mol. The number of nitrogens with zero attached hydrogens (tertiary/aromatic N) is 2. The van der Waals surface area contributed by atoms with Gasteiger partial charge in [0.1, 0.15) is 0 Å². The average molecular weight is 515 g/mol. The average Bonchev–Trinajstić information content (AvgIpc) is 2.71. The summed E-state index contributed by atoms with van der Waals surface area (Å²) in [6, 6.07) is 8.37. The Morgan fingerprint density at radius 2 is 1.83 bits per heavy atom. The van der Waals surface area contributed by atoms with Crippen molar-refractivity contribution in [2.75, 3.05) is 32.7 Å². The molecule has 1 aromatic rings. The molecule has 0 radical (unpaired) electrons. The van der Waals surface area contributed by atoms with E-state index in [4.69, 9.17) is 0 Å². The molecule has 1 atom stereocenters. The molecule has 3 N–H and O–H groups in total. The van der Waals surface area contributed by atoms with Crippen molar-refractivity contribution >= 4 is 35.8 Å². The molecule has 29 heavy (non-hydrogen) atoms. The lowest BCUT2D eigenvalue weighted by atomic mass is 10.0. The smallest absolute Gasteiger partial charge is 0.251 e. The molecule has 1 fully saturated rings. The molecule has 164 valence electrons. The minimum Gasteiger partial charge on any atom is -0.357 e. The summed E-state index contributed by atoms with van der Waals surface area (Å²) in [5.74, 6) is 0.817. The number of aliphatic imine (C=N–C) groups is 1. The first-order valence-corrected chi connectivity index (χ1v) is 10.8. The lowest BCUT2D eigenvalue weighted by molar-refractivity contribution is 0.0956. The zero-order valence-electron chi connectivity index (χ0n) is 18.2. The van der Waals surface area contributed by atoms with Gasteiger partial charge in [0, 0.05) is 37.8 Å². The Balaban J connectivity index is 0.00000420. The number of likely N-dealkylation sites (tertiary alicyclic amines) is 1. The van der Waals surface area contributed by atoms with E-state index in [2.05, 4.69) is 39.7 Å². The summed E-state index contributed by atoms with van der Waals surface area (Å²) in [5.41, 5.74) is 1.78. The van der Waals surface area contributed by atoms with Gasteiger partial charge in [-0.25, -0.2) is 4.99 Å². The van der Waals surface area contributed by atoms with Crippen molar-refractivity contribution < 1.29 is 4.79 Å². The van der Waals surface area contributed by atoms with E-state index in [-0.39, 0.29) is 29.9 Å². The van der Waals surface area contributed by atoms with Gasteiger partial charge in [0.25, 0.3) is 5.91 Å². The number of rotatable bonds is 9. The molecule has 0 bridgehead atoms. The number of piperidine rings is 1. The van der Waals surface area contributed by atoms with Gasteiger partial charge in [0.2, 0.25) is 0 Å². The van der Waals surface area contributed by atoms with Gasteiger partial charge in [-0.15, -0.1) is 24.0 Å². The van der Waals surface area contributed by atoms with Crippen LogP contribution in [0.3, 0.4) is 0 Å². The molecule has 0 saturated carbocycles. The van der Waals surface area contributed by atoms with Crippen LogP contribution in [0.4, 0.5) is 0 Å². The highest BCUT2D eigenvalue weighted by molar-refractivity contribution is 14.0. The Labute approximate surface area is 193 Å². The zero-order valence-corrected chi connectivity index (χ0v) is 20.5. The van der Waals surface area contributed by atoms with Gasteiger partial charge in [-0.05, 0) is 64.3 Å². The first-order chi connectivity index (χ1) is 13.6. The van der Waals surface area contributed by atoms with Crippen molar-refractivity contribution in [1.29, 1.82) is 0 Å². The van der Waals surface area contributed by atoms with Crippen LogP contribution in [0, 0.1) is 0 Å². The molecule has 1 amide bonds. The maximum atomic E-state index is 11.8. The number of halogens is 1. The van der Waals surface area contributed by atoms with Gasteiger partial charge >= 0.3 is 0 Å². The summed E-state index contributed by atoms with van der Waals surface area (Å²) in [5, 5.41) is 9.56. The molecule has 0 aliphatic carbocycles. The van der Waals surface area contributed by atoms with Crippen molar-refractivity contribution in [3.63, 3.8) is 0 Å². The predicted molar refractivity (Wildman–Crippen MR) is 132 cm³/mol. The number of hydrogen-bond donors (Lipinski definition) is 3. The fourth-order valence-corrected chi connectivity index (χ4v) is 3.51. The molecule has 6 nitrogen and oxygen atoms in total. The second-order valence-corrected chi connectivity index (χ2v) is 7.41. The van der Waals surface area contributed by atoms with Gasteiger partial charge in [0.15, 0.2) is 5.96 Å². The molecule has 2 rings (SSSR count). The Hall–Kier alpha value is -1.35. The van der Waals surface area contributed by atoms with Crippen LogP contribution in [0.1, 0.15) is 62.4 Å². The summed E-state index contributed by atoms with van der Waals surface area (Å²) in [6.07, 6.45) is 5.16. The number of carbonyl (C=O) groups is 1. The normalized spacial score (nSPS) is 17.3. The van der Waals surface area contributed by atoms with Crippen LogP contribution in [0.5, 0.6) is 0 Å².